The van der Waals surface area contributed by atoms with Crippen LogP contribution in [-0.4, -0.2) is 24.3 Å². The number of hydrogen-bond acceptors (Lipinski definition) is 3. The standard InChI is InChI=1S/C26H37BrO3/c1-7-8-17-13-20-18(14-19(17)29-16-28-6)15-22-25(4)11-10-23(27)24(2,3)21(25)9-12-26(22,5)30-20/h7,13-14,21-23H,1,8-12,15-16H2,2-6H3/t21-,22-,23-,25-,26+/m0/s1. The lowest BCUT2D eigenvalue weighted by atomic mass is 9.44. The highest BCUT2D eigenvalue weighted by molar-refractivity contribution is 9.09. The molecule has 2 saturated carbocycles. The number of fused-ring (bicyclic) bond motifs is 4. The molecule has 3 aliphatic rings. The average Bonchev–Trinajstić information content (AvgIpc) is 2.68. The molecule has 30 heavy (non-hydrogen) atoms. The first-order valence-corrected chi connectivity index (χ1v) is 12.3. The molecular formula is C26H37BrO3. The Morgan fingerprint density at radius 2 is 1.93 bits per heavy atom. The van der Waals surface area contributed by atoms with Gasteiger partial charge < -0.3 is 14.2 Å². The Morgan fingerprint density at radius 3 is 2.63 bits per heavy atom. The third-order valence-electron chi connectivity index (χ3n) is 8.61. The van der Waals surface area contributed by atoms with Crippen LogP contribution in [0.1, 0.15) is 64.5 Å². The molecule has 4 heteroatoms. The minimum Gasteiger partial charge on any atom is -0.487 e. The molecule has 0 unspecified atom stereocenters. The molecule has 1 aliphatic heterocycles. The minimum atomic E-state index is -0.103. The zero-order valence-electron chi connectivity index (χ0n) is 19.2. The molecule has 0 amide bonds. The van der Waals surface area contributed by atoms with E-state index in [2.05, 4.69) is 62.3 Å². The molecule has 0 aromatic heterocycles. The van der Waals surface area contributed by atoms with E-state index in [-0.39, 0.29) is 17.8 Å². The van der Waals surface area contributed by atoms with E-state index in [4.69, 9.17) is 14.2 Å². The van der Waals surface area contributed by atoms with Gasteiger partial charge in [-0.3, -0.25) is 0 Å². The van der Waals surface area contributed by atoms with Crippen molar-refractivity contribution in [2.45, 2.75) is 76.6 Å². The topological polar surface area (TPSA) is 27.7 Å². The predicted octanol–water partition coefficient (Wildman–Crippen LogP) is 6.71. The summed E-state index contributed by atoms with van der Waals surface area (Å²) in [7, 11) is 1.66. The second-order valence-corrected chi connectivity index (χ2v) is 11.8. The fraction of sp³-hybridized carbons (Fsp3) is 0.692. The van der Waals surface area contributed by atoms with Gasteiger partial charge in [0.25, 0.3) is 0 Å². The van der Waals surface area contributed by atoms with Crippen molar-refractivity contribution < 1.29 is 14.2 Å². The number of ether oxygens (including phenoxy) is 3. The van der Waals surface area contributed by atoms with Crippen LogP contribution in [0.2, 0.25) is 0 Å². The number of benzene rings is 1. The van der Waals surface area contributed by atoms with Crippen molar-refractivity contribution in [3.05, 3.63) is 35.9 Å². The summed E-state index contributed by atoms with van der Waals surface area (Å²) >= 11 is 4.01. The maximum Gasteiger partial charge on any atom is 0.188 e. The second-order valence-electron chi connectivity index (χ2n) is 10.7. The molecule has 0 N–H and O–H groups in total. The van der Waals surface area contributed by atoms with Gasteiger partial charge in [0.1, 0.15) is 17.1 Å². The van der Waals surface area contributed by atoms with Gasteiger partial charge in [0.15, 0.2) is 6.79 Å². The molecule has 5 atom stereocenters. The smallest absolute Gasteiger partial charge is 0.188 e. The second kappa shape index (κ2) is 7.85. The molecular weight excluding hydrogens is 440 g/mol. The molecule has 0 radical (unpaired) electrons. The van der Waals surface area contributed by atoms with Crippen molar-refractivity contribution in [2.75, 3.05) is 13.9 Å². The van der Waals surface area contributed by atoms with Gasteiger partial charge in [-0.15, -0.1) is 6.58 Å². The van der Waals surface area contributed by atoms with E-state index in [0.29, 0.717) is 22.1 Å². The van der Waals surface area contributed by atoms with Crippen LogP contribution in [0.25, 0.3) is 0 Å². The summed E-state index contributed by atoms with van der Waals surface area (Å²) in [6.07, 6.45) is 8.59. The number of hydrogen-bond donors (Lipinski definition) is 0. The summed E-state index contributed by atoms with van der Waals surface area (Å²) < 4.78 is 17.9. The van der Waals surface area contributed by atoms with E-state index >= 15 is 0 Å². The van der Waals surface area contributed by atoms with Crippen LogP contribution in [0.3, 0.4) is 0 Å². The number of halogens is 1. The summed E-state index contributed by atoms with van der Waals surface area (Å²) in [5.41, 5.74) is 2.87. The van der Waals surface area contributed by atoms with Gasteiger partial charge in [-0.2, -0.15) is 0 Å². The number of rotatable bonds is 5. The SMILES string of the molecule is C=CCc1cc2c(cc1OCOC)C[C@H]1[C@@]3(C)CC[C@H](Br)C(C)(C)[C@@H]3CC[C@@]1(C)O2. The molecule has 1 heterocycles. The fourth-order valence-electron chi connectivity index (χ4n) is 6.99. The molecule has 1 aromatic carbocycles. The quantitative estimate of drug-likeness (QED) is 0.268. The van der Waals surface area contributed by atoms with Crippen LogP contribution in [-0.2, 0) is 17.6 Å². The summed E-state index contributed by atoms with van der Waals surface area (Å²) in [5.74, 6) is 3.14. The number of alkyl halides is 1. The highest BCUT2D eigenvalue weighted by Gasteiger charge is 2.62. The van der Waals surface area contributed by atoms with Crippen molar-refractivity contribution in [3.8, 4) is 11.5 Å². The monoisotopic (exact) mass is 476 g/mol. The van der Waals surface area contributed by atoms with E-state index in [0.717, 1.165) is 36.3 Å². The third kappa shape index (κ3) is 3.43. The minimum absolute atomic E-state index is 0.103. The Kier molecular flexibility index (Phi) is 5.81. The Balaban J connectivity index is 1.73. The molecule has 2 fully saturated rings. The molecule has 1 aromatic rings. The van der Waals surface area contributed by atoms with Crippen molar-refractivity contribution >= 4 is 15.9 Å². The van der Waals surface area contributed by atoms with Crippen molar-refractivity contribution in [2.24, 2.45) is 22.7 Å². The molecule has 166 valence electrons. The van der Waals surface area contributed by atoms with Crippen LogP contribution >= 0.6 is 15.9 Å². The molecule has 0 spiro atoms. The van der Waals surface area contributed by atoms with E-state index in [1.807, 2.05) is 6.08 Å². The van der Waals surface area contributed by atoms with Crippen molar-refractivity contribution in [3.63, 3.8) is 0 Å². The number of methoxy groups -OCH3 is 1. The van der Waals surface area contributed by atoms with Crippen LogP contribution in [0.15, 0.2) is 24.8 Å². The average molecular weight is 477 g/mol. The third-order valence-corrected chi connectivity index (χ3v) is 10.2. The van der Waals surface area contributed by atoms with Crippen LogP contribution < -0.4 is 9.47 Å². The summed E-state index contributed by atoms with van der Waals surface area (Å²) in [5, 5.41) is 0. The highest BCUT2D eigenvalue weighted by atomic mass is 79.9. The van der Waals surface area contributed by atoms with Gasteiger partial charge in [-0.05, 0) is 79.9 Å². The predicted molar refractivity (Wildman–Crippen MR) is 126 cm³/mol. The van der Waals surface area contributed by atoms with Gasteiger partial charge in [0, 0.05) is 23.4 Å². The van der Waals surface area contributed by atoms with E-state index in [1.165, 1.54) is 24.8 Å². The first-order chi connectivity index (χ1) is 14.2. The van der Waals surface area contributed by atoms with Crippen LogP contribution in [0.4, 0.5) is 0 Å². The molecule has 2 aliphatic carbocycles. The Hall–Kier alpha value is -1.00. The molecule has 0 saturated heterocycles. The maximum absolute atomic E-state index is 6.85. The lowest BCUT2D eigenvalue weighted by Crippen LogP contribution is -2.63. The fourth-order valence-corrected chi connectivity index (χ4v) is 7.53. The van der Waals surface area contributed by atoms with Gasteiger partial charge in [0.05, 0.1) is 0 Å². The molecule has 3 nitrogen and oxygen atoms in total. The summed E-state index contributed by atoms with van der Waals surface area (Å²) in [6.45, 7) is 14.0. The Morgan fingerprint density at radius 1 is 1.17 bits per heavy atom. The zero-order chi connectivity index (χ0) is 21.7. The van der Waals surface area contributed by atoms with Gasteiger partial charge in [0.2, 0.25) is 0 Å². The van der Waals surface area contributed by atoms with E-state index in [1.54, 1.807) is 7.11 Å². The lowest BCUT2D eigenvalue weighted by Gasteiger charge is -2.64. The summed E-state index contributed by atoms with van der Waals surface area (Å²) in [4.78, 5) is 0.597. The lowest BCUT2D eigenvalue weighted by molar-refractivity contribution is -0.160. The van der Waals surface area contributed by atoms with Crippen LogP contribution in [0, 0.1) is 22.7 Å². The molecule has 0 bridgehead atoms. The largest absolute Gasteiger partial charge is 0.487 e. The zero-order valence-corrected chi connectivity index (χ0v) is 20.8. The van der Waals surface area contributed by atoms with Gasteiger partial charge in [-0.25, -0.2) is 0 Å². The first kappa shape index (κ1) is 22.2. The maximum atomic E-state index is 6.85. The Bertz CT molecular complexity index is 819. The van der Waals surface area contributed by atoms with Crippen LogP contribution in [0.5, 0.6) is 11.5 Å². The van der Waals surface area contributed by atoms with Crippen molar-refractivity contribution in [1.29, 1.82) is 0 Å². The van der Waals surface area contributed by atoms with Gasteiger partial charge in [-0.1, -0.05) is 42.8 Å². The summed E-state index contributed by atoms with van der Waals surface area (Å²) in [6, 6.07) is 4.37. The van der Waals surface area contributed by atoms with Crippen molar-refractivity contribution in [1.82, 2.24) is 0 Å². The van der Waals surface area contributed by atoms with E-state index in [9.17, 15) is 0 Å². The Labute approximate surface area is 190 Å². The normalized spacial score (nSPS) is 36.7. The number of allylic oxidation sites excluding steroid dienone is 1. The molecule has 4 rings (SSSR count). The van der Waals surface area contributed by atoms with E-state index < -0.39 is 0 Å². The van der Waals surface area contributed by atoms with Gasteiger partial charge >= 0.3 is 0 Å². The first-order valence-electron chi connectivity index (χ1n) is 11.4. The highest BCUT2D eigenvalue weighted by Crippen LogP contribution is 2.65.